The van der Waals surface area contributed by atoms with Gasteiger partial charge in [0.2, 0.25) is 5.95 Å². The molecule has 11 heteroatoms. The van der Waals surface area contributed by atoms with E-state index in [1.165, 1.54) is 7.11 Å². The van der Waals surface area contributed by atoms with E-state index in [4.69, 9.17) is 14.5 Å². The number of aromatic nitrogens is 4. The number of carbonyl (C=O) groups excluding carboxylic acids is 1. The molecule has 0 saturated carbocycles. The van der Waals surface area contributed by atoms with Gasteiger partial charge < -0.3 is 25.0 Å². The number of hydrogen-bond acceptors (Lipinski definition) is 8. The SMILES string of the molecule is COc1ccc([C@H](NC(=O)N2CCc3cnc(NC4CCOCC4)nc3C2)c2cn[nH]c2)cc1C#N. The number of urea groups is 1. The normalized spacial score (nSPS) is 16.5. The van der Waals surface area contributed by atoms with E-state index in [2.05, 4.69) is 31.9 Å². The topological polar surface area (TPSA) is 141 Å². The van der Waals surface area contributed by atoms with Crippen LogP contribution in [0.1, 0.15) is 46.8 Å². The summed E-state index contributed by atoms with van der Waals surface area (Å²) in [6.07, 6.45) is 7.76. The fourth-order valence-electron chi connectivity index (χ4n) is 4.56. The second kappa shape index (κ2) is 10.6. The maximum absolute atomic E-state index is 13.4. The number of H-pyrrole nitrogens is 1. The molecule has 0 radical (unpaired) electrons. The van der Waals surface area contributed by atoms with E-state index in [-0.39, 0.29) is 6.03 Å². The quantitative estimate of drug-likeness (QED) is 0.481. The van der Waals surface area contributed by atoms with E-state index in [0.29, 0.717) is 42.8 Å². The fraction of sp³-hybridized carbons (Fsp3) is 0.400. The number of ether oxygens (including phenoxy) is 2. The summed E-state index contributed by atoms with van der Waals surface area (Å²) in [6.45, 7) is 2.41. The molecule has 1 saturated heterocycles. The molecule has 0 spiro atoms. The summed E-state index contributed by atoms with van der Waals surface area (Å²) in [5, 5.41) is 22.9. The maximum Gasteiger partial charge on any atom is 0.318 e. The number of benzene rings is 1. The Balaban J connectivity index is 1.32. The Morgan fingerprint density at radius 3 is 2.92 bits per heavy atom. The second-order valence-electron chi connectivity index (χ2n) is 8.85. The van der Waals surface area contributed by atoms with Gasteiger partial charge in [-0.05, 0) is 42.5 Å². The highest BCUT2D eigenvalue weighted by molar-refractivity contribution is 5.75. The molecule has 36 heavy (non-hydrogen) atoms. The predicted molar refractivity (Wildman–Crippen MR) is 130 cm³/mol. The highest BCUT2D eigenvalue weighted by Crippen LogP contribution is 2.27. The van der Waals surface area contributed by atoms with Gasteiger partial charge in [-0.1, -0.05) is 6.07 Å². The summed E-state index contributed by atoms with van der Waals surface area (Å²) in [5.74, 6) is 1.07. The first-order valence-electron chi connectivity index (χ1n) is 12.0. The lowest BCUT2D eigenvalue weighted by molar-refractivity contribution is 0.0903. The lowest BCUT2D eigenvalue weighted by Gasteiger charge is -2.30. The third-order valence-electron chi connectivity index (χ3n) is 6.59. The van der Waals surface area contributed by atoms with Crippen molar-refractivity contribution in [2.24, 2.45) is 0 Å². The van der Waals surface area contributed by atoms with Gasteiger partial charge in [-0.3, -0.25) is 5.10 Å². The molecule has 5 rings (SSSR count). The van der Waals surface area contributed by atoms with Crippen molar-refractivity contribution in [3.8, 4) is 11.8 Å². The van der Waals surface area contributed by atoms with Gasteiger partial charge in [0, 0.05) is 43.8 Å². The number of nitrogens with one attached hydrogen (secondary N) is 3. The minimum atomic E-state index is -0.494. The Hall–Kier alpha value is -4.17. The monoisotopic (exact) mass is 488 g/mol. The van der Waals surface area contributed by atoms with Crippen molar-refractivity contribution in [3.63, 3.8) is 0 Å². The van der Waals surface area contributed by atoms with Gasteiger partial charge in [0.1, 0.15) is 11.8 Å². The molecule has 186 valence electrons. The lowest BCUT2D eigenvalue weighted by Crippen LogP contribution is -2.44. The van der Waals surface area contributed by atoms with Crippen LogP contribution in [0.3, 0.4) is 0 Å². The molecule has 0 bridgehead atoms. The average molecular weight is 489 g/mol. The van der Waals surface area contributed by atoms with Crippen molar-refractivity contribution in [2.75, 3.05) is 32.2 Å². The number of nitrogens with zero attached hydrogens (tertiary/aromatic N) is 5. The number of aromatic amines is 1. The van der Waals surface area contributed by atoms with Gasteiger partial charge >= 0.3 is 6.03 Å². The summed E-state index contributed by atoms with van der Waals surface area (Å²) in [5.41, 5.74) is 3.82. The van der Waals surface area contributed by atoms with Crippen molar-refractivity contribution in [1.29, 1.82) is 5.26 Å². The molecule has 1 aromatic carbocycles. The van der Waals surface area contributed by atoms with Crippen LogP contribution in [0.4, 0.5) is 10.7 Å². The van der Waals surface area contributed by atoms with Crippen LogP contribution in [0.5, 0.6) is 5.75 Å². The van der Waals surface area contributed by atoms with E-state index >= 15 is 0 Å². The van der Waals surface area contributed by atoms with Crippen molar-refractivity contribution < 1.29 is 14.3 Å². The summed E-state index contributed by atoms with van der Waals surface area (Å²) in [6, 6.07) is 7.02. The summed E-state index contributed by atoms with van der Waals surface area (Å²) in [4.78, 5) is 24.3. The molecule has 1 fully saturated rings. The zero-order valence-corrected chi connectivity index (χ0v) is 20.0. The number of amides is 2. The largest absolute Gasteiger partial charge is 0.495 e. The Labute approximate surface area is 208 Å². The Morgan fingerprint density at radius 1 is 1.31 bits per heavy atom. The first-order valence-corrected chi connectivity index (χ1v) is 12.0. The van der Waals surface area contributed by atoms with E-state index < -0.39 is 6.04 Å². The summed E-state index contributed by atoms with van der Waals surface area (Å²) in [7, 11) is 1.52. The smallest absolute Gasteiger partial charge is 0.318 e. The van der Waals surface area contributed by atoms with Crippen molar-refractivity contribution in [3.05, 3.63) is 64.7 Å². The molecule has 0 aliphatic carbocycles. The number of methoxy groups -OCH3 is 1. The minimum Gasteiger partial charge on any atom is -0.495 e. The highest BCUT2D eigenvalue weighted by atomic mass is 16.5. The van der Waals surface area contributed by atoms with Crippen LogP contribution >= 0.6 is 0 Å². The maximum atomic E-state index is 13.4. The number of nitriles is 1. The van der Waals surface area contributed by atoms with Gasteiger partial charge in [0.15, 0.2) is 0 Å². The molecule has 4 heterocycles. The van der Waals surface area contributed by atoms with Crippen LogP contribution in [0.25, 0.3) is 0 Å². The van der Waals surface area contributed by atoms with Gasteiger partial charge in [0.05, 0.1) is 37.2 Å². The van der Waals surface area contributed by atoms with Crippen molar-refractivity contribution in [2.45, 2.75) is 37.9 Å². The predicted octanol–water partition coefficient (Wildman–Crippen LogP) is 2.53. The van der Waals surface area contributed by atoms with E-state index in [0.717, 1.165) is 48.4 Å². The van der Waals surface area contributed by atoms with Crippen molar-refractivity contribution in [1.82, 2.24) is 30.4 Å². The zero-order valence-electron chi connectivity index (χ0n) is 20.0. The molecule has 2 amide bonds. The second-order valence-corrected chi connectivity index (χ2v) is 8.85. The van der Waals surface area contributed by atoms with Crippen molar-refractivity contribution >= 4 is 12.0 Å². The van der Waals surface area contributed by atoms with Crippen LogP contribution in [0, 0.1) is 11.3 Å². The summed E-state index contributed by atoms with van der Waals surface area (Å²) >= 11 is 0. The van der Waals surface area contributed by atoms with E-state index in [1.807, 2.05) is 12.3 Å². The lowest BCUT2D eigenvalue weighted by atomic mass is 9.99. The van der Waals surface area contributed by atoms with Gasteiger partial charge in [-0.15, -0.1) is 0 Å². The number of hydrogen-bond donors (Lipinski definition) is 3. The molecular formula is C25H28N8O3. The third kappa shape index (κ3) is 5.08. The summed E-state index contributed by atoms with van der Waals surface area (Å²) < 4.78 is 10.7. The number of rotatable bonds is 6. The molecule has 11 nitrogen and oxygen atoms in total. The third-order valence-corrected chi connectivity index (χ3v) is 6.59. The van der Waals surface area contributed by atoms with Crippen LogP contribution in [0.2, 0.25) is 0 Å². The minimum absolute atomic E-state index is 0.223. The molecular weight excluding hydrogens is 460 g/mol. The number of carbonyl (C=O) groups is 1. The Kier molecular flexibility index (Phi) is 6.95. The first-order chi connectivity index (χ1) is 17.6. The van der Waals surface area contributed by atoms with Crippen LogP contribution in [0.15, 0.2) is 36.8 Å². The van der Waals surface area contributed by atoms with Gasteiger partial charge in [-0.2, -0.15) is 10.4 Å². The molecule has 2 aliphatic heterocycles. The van der Waals surface area contributed by atoms with Crippen LogP contribution in [-0.2, 0) is 17.7 Å². The van der Waals surface area contributed by atoms with E-state index in [9.17, 15) is 10.1 Å². The first kappa shape index (κ1) is 23.6. The van der Waals surface area contributed by atoms with Crippen LogP contribution < -0.4 is 15.4 Å². The average Bonchev–Trinajstić information content (AvgIpc) is 3.46. The molecule has 3 aromatic rings. The van der Waals surface area contributed by atoms with E-state index in [1.54, 1.807) is 29.4 Å². The van der Waals surface area contributed by atoms with Gasteiger partial charge in [0.25, 0.3) is 0 Å². The molecule has 3 N–H and O–H groups in total. The van der Waals surface area contributed by atoms with Crippen LogP contribution in [-0.4, -0.2) is 64.0 Å². The van der Waals surface area contributed by atoms with Gasteiger partial charge in [-0.25, -0.2) is 14.8 Å². The Morgan fingerprint density at radius 2 is 2.17 bits per heavy atom. The number of fused-ring (bicyclic) bond motifs is 1. The Bertz CT molecular complexity index is 1250. The zero-order chi connectivity index (χ0) is 24.9. The number of anilines is 1. The molecule has 2 aromatic heterocycles. The molecule has 2 aliphatic rings. The fourth-order valence-corrected chi connectivity index (χ4v) is 4.56. The molecule has 0 unspecified atom stereocenters. The molecule has 1 atom stereocenters. The highest BCUT2D eigenvalue weighted by Gasteiger charge is 2.27. The standard InChI is InChI=1S/C25H28N8O3/c1-35-22-3-2-16(10-18(22)11-26)23(19-13-28-29-14-19)32-25(34)33-7-4-17-12-27-24(31-21(17)15-33)30-20-5-8-36-9-6-20/h2-3,10,12-14,20,23H,4-9,15H2,1H3,(H,28,29)(H,32,34)(H,27,30,31)/t23-/m0/s1.